The number of halogens is 1. The summed E-state index contributed by atoms with van der Waals surface area (Å²) < 4.78 is 0. The van der Waals surface area contributed by atoms with E-state index in [0.717, 1.165) is 46.6 Å². The van der Waals surface area contributed by atoms with Crippen molar-refractivity contribution in [1.29, 1.82) is 0 Å². The number of hydrogen-bond donors (Lipinski definition) is 1. The third-order valence-electron chi connectivity index (χ3n) is 7.86. The molecule has 0 radical (unpaired) electrons. The van der Waals surface area contributed by atoms with E-state index in [2.05, 4.69) is 48.8 Å². The molecule has 0 bridgehead atoms. The van der Waals surface area contributed by atoms with E-state index in [0.29, 0.717) is 11.7 Å². The number of H-pyrrole nitrogens is 1. The Morgan fingerprint density at radius 2 is 1.89 bits per heavy atom. The predicted octanol–water partition coefficient (Wildman–Crippen LogP) is 5.36. The van der Waals surface area contributed by atoms with Gasteiger partial charge in [-0.05, 0) is 74.9 Å². The van der Waals surface area contributed by atoms with Crippen LogP contribution >= 0.6 is 11.6 Å². The molecule has 5 heterocycles. The van der Waals surface area contributed by atoms with Crippen molar-refractivity contribution in [1.82, 2.24) is 29.8 Å². The second-order valence-electron chi connectivity index (χ2n) is 10.0. The summed E-state index contributed by atoms with van der Waals surface area (Å²) in [4.78, 5) is 26.5. The van der Waals surface area contributed by atoms with Gasteiger partial charge < -0.3 is 14.8 Å². The number of imidazole rings is 1. The largest absolute Gasteiger partial charge is 0.369 e. The van der Waals surface area contributed by atoms with Crippen LogP contribution in [0.5, 0.6) is 0 Å². The van der Waals surface area contributed by atoms with Crippen LogP contribution in [0.1, 0.15) is 56.2 Å². The molecule has 4 aromatic rings. The summed E-state index contributed by atoms with van der Waals surface area (Å²) in [5.41, 5.74) is 6.08. The normalized spacial score (nSPS) is 19.0. The fourth-order valence-electron chi connectivity index (χ4n) is 6.02. The van der Waals surface area contributed by atoms with Crippen molar-refractivity contribution in [3.05, 3.63) is 53.3 Å². The molecule has 1 atom stereocenters. The van der Waals surface area contributed by atoms with Gasteiger partial charge in [-0.3, -0.25) is 4.98 Å². The van der Waals surface area contributed by atoms with Gasteiger partial charge in [-0.1, -0.05) is 24.9 Å². The first kappa shape index (κ1) is 22.7. The maximum absolute atomic E-state index is 6.82. The molecule has 8 heteroatoms. The van der Waals surface area contributed by atoms with Gasteiger partial charge in [-0.15, -0.1) is 0 Å². The monoisotopic (exact) mass is 489 g/mol. The zero-order valence-corrected chi connectivity index (χ0v) is 21.0. The third kappa shape index (κ3) is 4.36. The van der Waals surface area contributed by atoms with E-state index in [1.54, 1.807) is 12.7 Å². The molecule has 0 aliphatic carbocycles. The lowest BCUT2D eigenvalue weighted by atomic mass is 9.91. The number of anilines is 1. The number of nitrogens with zero attached hydrogens (tertiary/aromatic N) is 6. The average molecular weight is 490 g/mol. The van der Waals surface area contributed by atoms with Gasteiger partial charge in [0.25, 0.3) is 0 Å². The number of aromatic amines is 1. The van der Waals surface area contributed by atoms with Crippen LogP contribution in [0.2, 0.25) is 5.02 Å². The molecule has 0 spiro atoms. The molecular weight excluding hydrogens is 458 g/mol. The van der Waals surface area contributed by atoms with Crippen molar-refractivity contribution in [2.75, 3.05) is 31.1 Å². The molecule has 1 unspecified atom stereocenters. The molecule has 1 N–H and O–H groups in total. The molecule has 35 heavy (non-hydrogen) atoms. The van der Waals surface area contributed by atoms with Crippen LogP contribution in [-0.2, 0) is 6.42 Å². The van der Waals surface area contributed by atoms with Crippen molar-refractivity contribution in [3.8, 4) is 0 Å². The smallest absolute Gasteiger partial charge is 0.180 e. The number of benzene rings is 1. The van der Waals surface area contributed by atoms with E-state index < -0.39 is 0 Å². The second-order valence-corrected chi connectivity index (χ2v) is 10.4. The minimum Gasteiger partial charge on any atom is -0.369 e. The SMILES string of the molecule is CC(Cc1ncnc2nc[nH]c12)c1cc(Cl)c2cccnc2c1N1CCC(N2CCCCC2)CC1. The molecule has 182 valence electrons. The number of nitrogens with one attached hydrogen (secondary N) is 1. The van der Waals surface area contributed by atoms with Crippen molar-refractivity contribution in [2.24, 2.45) is 0 Å². The van der Waals surface area contributed by atoms with E-state index in [1.807, 2.05) is 12.3 Å². The summed E-state index contributed by atoms with van der Waals surface area (Å²) in [6, 6.07) is 6.92. The van der Waals surface area contributed by atoms with E-state index in [9.17, 15) is 0 Å². The fraction of sp³-hybridized carbons (Fsp3) is 0.481. The van der Waals surface area contributed by atoms with Gasteiger partial charge in [-0.25, -0.2) is 15.0 Å². The summed E-state index contributed by atoms with van der Waals surface area (Å²) in [7, 11) is 0. The lowest BCUT2D eigenvalue weighted by molar-refractivity contribution is 0.141. The Balaban J connectivity index is 1.34. The molecular formula is C27H32ClN7. The Morgan fingerprint density at radius 3 is 2.71 bits per heavy atom. The summed E-state index contributed by atoms with van der Waals surface area (Å²) in [5, 5.41) is 1.78. The number of hydrogen-bond acceptors (Lipinski definition) is 6. The molecule has 7 nitrogen and oxygen atoms in total. The van der Waals surface area contributed by atoms with Crippen LogP contribution in [0.25, 0.3) is 22.1 Å². The quantitative estimate of drug-likeness (QED) is 0.407. The Kier molecular flexibility index (Phi) is 6.29. The van der Waals surface area contributed by atoms with Crippen LogP contribution in [0.15, 0.2) is 37.1 Å². The summed E-state index contributed by atoms with van der Waals surface area (Å²) in [6.07, 6.45) is 12.4. The minimum atomic E-state index is 0.204. The Morgan fingerprint density at radius 1 is 1.06 bits per heavy atom. The van der Waals surface area contributed by atoms with Gasteiger partial charge in [0.2, 0.25) is 0 Å². The molecule has 2 aliphatic heterocycles. The second kappa shape index (κ2) is 9.70. The van der Waals surface area contributed by atoms with Crippen molar-refractivity contribution < 1.29 is 0 Å². The molecule has 0 saturated carbocycles. The maximum Gasteiger partial charge on any atom is 0.180 e. The van der Waals surface area contributed by atoms with Crippen LogP contribution in [0, 0.1) is 0 Å². The van der Waals surface area contributed by atoms with Crippen molar-refractivity contribution in [3.63, 3.8) is 0 Å². The van der Waals surface area contributed by atoms with Crippen molar-refractivity contribution >= 4 is 39.4 Å². The zero-order valence-electron chi connectivity index (χ0n) is 20.3. The average Bonchev–Trinajstić information content (AvgIpc) is 3.39. The lowest BCUT2D eigenvalue weighted by Crippen LogP contribution is -2.47. The van der Waals surface area contributed by atoms with Crippen molar-refractivity contribution in [2.45, 2.75) is 57.4 Å². The standard InChI is InChI=1S/C27H32ClN7/c1-18(14-23-25-27(32-16-30-23)33-17-31-25)21-15-22(28)20-6-5-9-29-24(20)26(21)35-12-7-19(8-13-35)34-10-3-2-4-11-34/h5-6,9,15-19H,2-4,7-8,10-14H2,1H3,(H,30,31,32,33). The molecule has 3 aromatic heterocycles. The lowest BCUT2D eigenvalue weighted by Gasteiger charge is -2.42. The Hall–Kier alpha value is -2.77. The number of likely N-dealkylation sites (tertiary alicyclic amines) is 1. The first-order valence-corrected chi connectivity index (χ1v) is 13.3. The Bertz CT molecular complexity index is 1320. The third-order valence-corrected chi connectivity index (χ3v) is 8.18. The number of aromatic nitrogens is 5. The van der Waals surface area contributed by atoms with Gasteiger partial charge in [0.15, 0.2) is 5.65 Å². The highest BCUT2D eigenvalue weighted by Crippen LogP contribution is 2.40. The van der Waals surface area contributed by atoms with Gasteiger partial charge >= 0.3 is 0 Å². The molecule has 0 amide bonds. The van der Waals surface area contributed by atoms with E-state index in [1.165, 1.54) is 56.4 Å². The number of rotatable bonds is 5. The summed E-state index contributed by atoms with van der Waals surface area (Å²) in [5.74, 6) is 0.204. The van der Waals surface area contributed by atoms with E-state index in [-0.39, 0.29) is 5.92 Å². The van der Waals surface area contributed by atoms with E-state index >= 15 is 0 Å². The molecule has 1 aromatic carbocycles. The van der Waals surface area contributed by atoms with Gasteiger partial charge in [0.1, 0.15) is 11.8 Å². The molecule has 2 fully saturated rings. The van der Waals surface area contributed by atoms with Crippen LogP contribution < -0.4 is 4.90 Å². The Labute approximate surface area is 210 Å². The van der Waals surface area contributed by atoms with Gasteiger partial charge in [0.05, 0.1) is 28.2 Å². The summed E-state index contributed by atoms with van der Waals surface area (Å²) in [6.45, 7) is 6.88. The zero-order chi connectivity index (χ0) is 23.8. The predicted molar refractivity (Wildman–Crippen MR) is 141 cm³/mol. The number of piperidine rings is 2. The van der Waals surface area contributed by atoms with Crippen LogP contribution in [0.4, 0.5) is 5.69 Å². The first-order valence-electron chi connectivity index (χ1n) is 12.9. The highest BCUT2D eigenvalue weighted by molar-refractivity contribution is 6.36. The fourth-order valence-corrected chi connectivity index (χ4v) is 6.29. The molecule has 2 aliphatic rings. The van der Waals surface area contributed by atoms with Crippen LogP contribution in [0.3, 0.4) is 0 Å². The van der Waals surface area contributed by atoms with Crippen LogP contribution in [-0.4, -0.2) is 62.0 Å². The number of pyridine rings is 1. The molecule has 6 rings (SSSR count). The van der Waals surface area contributed by atoms with E-state index in [4.69, 9.17) is 16.6 Å². The topological polar surface area (TPSA) is 73.8 Å². The van der Waals surface area contributed by atoms with Gasteiger partial charge in [-0.2, -0.15) is 0 Å². The highest BCUT2D eigenvalue weighted by Gasteiger charge is 2.29. The highest BCUT2D eigenvalue weighted by atomic mass is 35.5. The minimum absolute atomic E-state index is 0.204. The molecule has 2 saturated heterocycles. The maximum atomic E-state index is 6.82. The first-order chi connectivity index (χ1) is 17.2. The number of fused-ring (bicyclic) bond motifs is 2. The van der Waals surface area contributed by atoms with Gasteiger partial charge in [0, 0.05) is 30.7 Å². The summed E-state index contributed by atoms with van der Waals surface area (Å²) >= 11 is 6.82.